The third-order valence-corrected chi connectivity index (χ3v) is 1.44. The first-order chi connectivity index (χ1) is 5.17. The normalized spacial score (nSPS) is 19.4. The molecule has 11 heavy (non-hydrogen) atoms. The highest BCUT2D eigenvalue weighted by Gasteiger charge is 2.24. The van der Waals surface area contributed by atoms with Crippen molar-refractivity contribution in [3.63, 3.8) is 0 Å². The monoisotopic (exact) mass is 166 g/mol. The molecule has 5 heteroatoms. The maximum atomic E-state index is 9.08. The molecule has 0 aliphatic rings. The number of hydrogen-bond acceptors (Lipinski definition) is 5. The Morgan fingerprint density at radius 3 is 2.00 bits per heavy atom. The van der Waals surface area contributed by atoms with Gasteiger partial charge in [-0.15, -0.1) is 0 Å². The quantitative estimate of drug-likeness (QED) is 0.369. The molecule has 0 rings (SSSR count). The van der Waals surface area contributed by atoms with Crippen molar-refractivity contribution in [1.29, 1.82) is 0 Å². The molecule has 0 saturated carbocycles. The standard InChI is InChI=1S/C6H14O5/c1-11-5(3-8)6(10)4(9)2-7/h4-10H,2-3H2,1H3/t4-,5+,6+/m0/s1. The Bertz CT molecular complexity index is 93.0. The molecule has 0 bridgehead atoms. The molecule has 0 amide bonds. The van der Waals surface area contributed by atoms with Crippen LogP contribution >= 0.6 is 0 Å². The van der Waals surface area contributed by atoms with Gasteiger partial charge in [0.1, 0.15) is 18.3 Å². The smallest absolute Gasteiger partial charge is 0.110 e. The summed E-state index contributed by atoms with van der Waals surface area (Å²) in [6, 6.07) is 0. The van der Waals surface area contributed by atoms with Gasteiger partial charge < -0.3 is 25.2 Å². The molecule has 0 spiro atoms. The fourth-order valence-electron chi connectivity index (χ4n) is 0.678. The summed E-state index contributed by atoms with van der Waals surface area (Å²) < 4.78 is 4.61. The van der Waals surface area contributed by atoms with Crippen LogP contribution in [0.5, 0.6) is 0 Å². The predicted molar refractivity (Wildman–Crippen MR) is 37.0 cm³/mol. The Morgan fingerprint density at radius 2 is 1.73 bits per heavy atom. The lowest BCUT2D eigenvalue weighted by atomic mass is 10.1. The van der Waals surface area contributed by atoms with Gasteiger partial charge in [0, 0.05) is 7.11 Å². The minimum absolute atomic E-state index is 0.394. The number of aliphatic hydroxyl groups excluding tert-OH is 4. The van der Waals surface area contributed by atoms with Crippen LogP contribution in [0.4, 0.5) is 0 Å². The van der Waals surface area contributed by atoms with Gasteiger partial charge in [0.15, 0.2) is 0 Å². The second kappa shape index (κ2) is 5.45. The van der Waals surface area contributed by atoms with Crippen LogP contribution in [0.3, 0.4) is 0 Å². The third-order valence-electron chi connectivity index (χ3n) is 1.44. The number of rotatable bonds is 5. The molecule has 0 aromatic carbocycles. The molecule has 0 aliphatic heterocycles. The van der Waals surface area contributed by atoms with E-state index in [1.165, 1.54) is 7.11 Å². The van der Waals surface area contributed by atoms with E-state index in [0.29, 0.717) is 0 Å². The summed E-state index contributed by atoms with van der Waals surface area (Å²) in [6.07, 6.45) is -3.38. The van der Waals surface area contributed by atoms with E-state index in [0.717, 1.165) is 0 Å². The predicted octanol–water partition coefficient (Wildman–Crippen LogP) is -2.29. The van der Waals surface area contributed by atoms with Crippen molar-refractivity contribution in [2.45, 2.75) is 18.3 Å². The summed E-state index contributed by atoms with van der Waals surface area (Å²) in [5.41, 5.74) is 0. The summed E-state index contributed by atoms with van der Waals surface area (Å²) >= 11 is 0. The maximum absolute atomic E-state index is 9.08. The molecule has 4 N–H and O–H groups in total. The summed E-state index contributed by atoms with van der Waals surface area (Å²) in [6.45, 7) is -0.949. The lowest BCUT2D eigenvalue weighted by Crippen LogP contribution is -2.42. The van der Waals surface area contributed by atoms with Crippen molar-refractivity contribution < 1.29 is 25.2 Å². The summed E-state index contributed by atoms with van der Waals surface area (Å²) in [5.74, 6) is 0. The van der Waals surface area contributed by atoms with Crippen molar-refractivity contribution in [3.8, 4) is 0 Å². The van der Waals surface area contributed by atoms with Crippen molar-refractivity contribution in [3.05, 3.63) is 0 Å². The highest BCUT2D eigenvalue weighted by Crippen LogP contribution is 2.02. The van der Waals surface area contributed by atoms with Gasteiger partial charge in [-0.25, -0.2) is 0 Å². The average molecular weight is 166 g/mol. The highest BCUT2D eigenvalue weighted by atomic mass is 16.5. The largest absolute Gasteiger partial charge is 0.394 e. The molecule has 0 aliphatic carbocycles. The molecule has 0 saturated heterocycles. The van der Waals surface area contributed by atoms with Crippen LogP contribution in [0, 0.1) is 0 Å². The second-order valence-electron chi connectivity index (χ2n) is 2.20. The number of aliphatic hydroxyl groups is 4. The number of methoxy groups -OCH3 is 1. The molecule has 0 radical (unpaired) electrons. The van der Waals surface area contributed by atoms with Gasteiger partial charge in [0.25, 0.3) is 0 Å². The van der Waals surface area contributed by atoms with Crippen LogP contribution < -0.4 is 0 Å². The topological polar surface area (TPSA) is 90.2 Å². The number of ether oxygens (including phenoxy) is 1. The van der Waals surface area contributed by atoms with Crippen LogP contribution in [0.25, 0.3) is 0 Å². The second-order valence-corrected chi connectivity index (χ2v) is 2.20. The summed E-state index contributed by atoms with van der Waals surface area (Å²) in [7, 11) is 1.30. The van der Waals surface area contributed by atoms with Crippen LogP contribution in [-0.2, 0) is 4.74 Å². The first-order valence-electron chi connectivity index (χ1n) is 3.28. The molecule has 68 valence electrons. The molecular weight excluding hydrogens is 152 g/mol. The SMILES string of the molecule is CO[C@H](CO)[C@H](O)[C@@H](O)CO. The van der Waals surface area contributed by atoms with Crippen LogP contribution in [0.15, 0.2) is 0 Å². The minimum atomic E-state index is -1.27. The van der Waals surface area contributed by atoms with Crippen LogP contribution in [-0.4, -0.2) is 59.1 Å². The molecule has 0 aromatic rings. The van der Waals surface area contributed by atoms with Crippen molar-refractivity contribution in [1.82, 2.24) is 0 Å². The van der Waals surface area contributed by atoms with E-state index in [1.54, 1.807) is 0 Å². The van der Waals surface area contributed by atoms with Gasteiger partial charge in [-0.2, -0.15) is 0 Å². The van der Waals surface area contributed by atoms with E-state index in [4.69, 9.17) is 20.4 Å². The lowest BCUT2D eigenvalue weighted by Gasteiger charge is -2.22. The molecule has 3 atom stereocenters. The van der Waals surface area contributed by atoms with Crippen LogP contribution in [0.1, 0.15) is 0 Å². The van der Waals surface area contributed by atoms with Gasteiger partial charge in [-0.05, 0) is 0 Å². The zero-order valence-corrected chi connectivity index (χ0v) is 6.34. The molecule has 0 unspecified atom stereocenters. The summed E-state index contributed by atoms with van der Waals surface area (Å²) in [5, 5.41) is 34.9. The molecule has 0 aromatic heterocycles. The Kier molecular flexibility index (Phi) is 5.35. The van der Waals surface area contributed by atoms with Gasteiger partial charge in [-0.1, -0.05) is 0 Å². The average Bonchev–Trinajstić information content (AvgIpc) is 2.05. The van der Waals surface area contributed by atoms with E-state index in [1.807, 2.05) is 0 Å². The van der Waals surface area contributed by atoms with Crippen molar-refractivity contribution in [2.24, 2.45) is 0 Å². The van der Waals surface area contributed by atoms with E-state index in [-0.39, 0.29) is 0 Å². The lowest BCUT2D eigenvalue weighted by molar-refractivity contribution is -0.104. The molecule has 0 heterocycles. The van der Waals surface area contributed by atoms with Gasteiger partial charge >= 0.3 is 0 Å². The zero-order chi connectivity index (χ0) is 8.85. The molecule has 0 fully saturated rings. The van der Waals surface area contributed by atoms with Gasteiger partial charge in [-0.3, -0.25) is 0 Å². The van der Waals surface area contributed by atoms with Crippen molar-refractivity contribution in [2.75, 3.05) is 20.3 Å². The van der Waals surface area contributed by atoms with Gasteiger partial charge in [0.2, 0.25) is 0 Å². The highest BCUT2D eigenvalue weighted by molar-refractivity contribution is 4.74. The maximum Gasteiger partial charge on any atom is 0.110 e. The fourth-order valence-corrected chi connectivity index (χ4v) is 0.678. The fraction of sp³-hybridized carbons (Fsp3) is 1.00. The number of hydrogen-bond donors (Lipinski definition) is 4. The van der Waals surface area contributed by atoms with E-state index in [9.17, 15) is 0 Å². The third kappa shape index (κ3) is 3.13. The van der Waals surface area contributed by atoms with Crippen LogP contribution in [0.2, 0.25) is 0 Å². The molecular formula is C6H14O5. The zero-order valence-electron chi connectivity index (χ0n) is 6.34. The van der Waals surface area contributed by atoms with Crippen molar-refractivity contribution >= 4 is 0 Å². The Morgan fingerprint density at radius 1 is 1.18 bits per heavy atom. The van der Waals surface area contributed by atoms with Gasteiger partial charge in [0.05, 0.1) is 13.2 Å². The van der Waals surface area contributed by atoms with E-state index < -0.39 is 31.5 Å². The Hall–Kier alpha value is -0.200. The first-order valence-corrected chi connectivity index (χ1v) is 3.28. The Balaban J connectivity index is 3.86. The molecule has 5 nitrogen and oxygen atoms in total. The van der Waals surface area contributed by atoms with E-state index in [2.05, 4.69) is 4.74 Å². The van der Waals surface area contributed by atoms with E-state index >= 15 is 0 Å². The summed E-state index contributed by atoms with van der Waals surface area (Å²) in [4.78, 5) is 0. The Labute approximate surface area is 64.9 Å². The minimum Gasteiger partial charge on any atom is -0.394 e. The first kappa shape index (κ1) is 10.8.